The standard InChI is InChI=1S/C14H20O3/c1-7(13(15)14(16)17)12-10-3-8-2-9(5-10)6-11(12)4-8/h7-12H,2-6H2,1H3,(H,16,17). The third kappa shape index (κ3) is 1.71. The van der Waals surface area contributed by atoms with Crippen LogP contribution in [0.25, 0.3) is 0 Å². The Balaban J connectivity index is 1.80. The molecule has 0 aromatic carbocycles. The summed E-state index contributed by atoms with van der Waals surface area (Å²) in [6.45, 7) is 1.84. The maximum atomic E-state index is 11.7. The van der Waals surface area contributed by atoms with Crippen molar-refractivity contribution in [1.82, 2.24) is 0 Å². The van der Waals surface area contributed by atoms with Gasteiger partial charge in [0.05, 0.1) is 0 Å². The van der Waals surface area contributed by atoms with Crippen LogP contribution in [0.15, 0.2) is 0 Å². The Hall–Kier alpha value is -0.860. The summed E-state index contributed by atoms with van der Waals surface area (Å²) in [6.07, 6.45) is 6.37. The molecule has 4 aliphatic rings. The van der Waals surface area contributed by atoms with Gasteiger partial charge in [-0.25, -0.2) is 4.79 Å². The van der Waals surface area contributed by atoms with E-state index in [9.17, 15) is 9.59 Å². The van der Waals surface area contributed by atoms with Gasteiger partial charge in [-0.15, -0.1) is 0 Å². The first-order valence-corrected chi connectivity index (χ1v) is 6.83. The second kappa shape index (κ2) is 3.82. The maximum absolute atomic E-state index is 11.7. The minimum atomic E-state index is -1.24. The van der Waals surface area contributed by atoms with Gasteiger partial charge in [-0.3, -0.25) is 4.79 Å². The molecule has 0 saturated heterocycles. The smallest absolute Gasteiger partial charge is 0.372 e. The Bertz CT molecular complexity index is 332. The monoisotopic (exact) mass is 236 g/mol. The highest BCUT2D eigenvalue weighted by Crippen LogP contribution is 2.58. The number of rotatable bonds is 3. The zero-order valence-corrected chi connectivity index (χ0v) is 10.3. The lowest BCUT2D eigenvalue weighted by molar-refractivity contribution is -0.154. The van der Waals surface area contributed by atoms with Crippen LogP contribution in [0.2, 0.25) is 0 Å². The molecule has 0 radical (unpaired) electrons. The summed E-state index contributed by atoms with van der Waals surface area (Å²) in [6, 6.07) is 0. The number of carbonyl (C=O) groups excluding carboxylic acids is 1. The third-order valence-electron chi connectivity index (χ3n) is 5.50. The van der Waals surface area contributed by atoms with E-state index in [1.807, 2.05) is 6.92 Å². The van der Waals surface area contributed by atoms with Gasteiger partial charge in [0.25, 0.3) is 0 Å². The van der Waals surface area contributed by atoms with Crippen LogP contribution in [-0.4, -0.2) is 16.9 Å². The first-order chi connectivity index (χ1) is 8.06. The molecule has 0 aromatic rings. The Morgan fingerprint density at radius 1 is 1.00 bits per heavy atom. The molecular formula is C14H20O3. The molecule has 4 bridgehead atoms. The molecule has 94 valence electrons. The molecule has 0 heterocycles. The lowest BCUT2D eigenvalue weighted by Gasteiger charge is -2.55. The van der Waals surface area contributed by atoms with E-state index >= 15 is 0 Å². The van der Waals surface area contributed by atoms with Crippen LogP contribution >= 0.6 is 0 Å². The van der Waals surface area contributed by atoms with Crippen molar-refractivity contribution in [2.24, 2.45) is 35.5 Å². The summed E-state index contributed by atoms with van der Waals surface area (Å²) in [4.78, 5) is 22.5. The van der Waals surface area contributed by atoms with Crippen molar-refractivity contribution >= 4 is 11.8 Å². The van der Waals surface area contributed by atoms with Gasteiger partial charge in [-0.05, 0) is 61.7 Å². The molecule has 0 aromatic heterocycles. The van der Waals surface area contributed by atoms with Gasteiger partial charge in [-0.1, -0.05) is 6.92 Å². The van der Waals surface area contributed by atoms with Crippen LogP contribution in [0, 0.1) is 35.5 Å². The minimum Gasteiger partial charge on any atom is -0.475 e. The molecule has 3 heteroatoms. The molecule has 4 aliphatic carbocycles. The van der Waals surface area contributed by atoms with Crippen molar-refractivity contribution in [1.29, 1.82) is 0 Å². The maximum Gasteiger partial charge on any atom is 0.372 e. The fourth-order valence-corrected chi connectivity index (χ4v) is 5.15. The average molecular weight is 236 g/mol. The molecule has 0 spiro atoms. The number of hydrogen-bond acceptors (Lipinski definition) is 2. The van der Waals surface area contributed by atoms with Gasteiger partial charge in [0.15, 0.2) is 0 Å². The van der Waals surface area contributed by atoms with Gasteiger partial charge in [0, 0.05) is 5.92 Å². The highest BCUT2D eigenvalue weighted by molar-refractivity contribution is 6.33. The van der Waals surface area contributed by atoms with Gasteiger partial charge in [0.2, 0.25) is 5.78 Å². The number of ketones is 1. The SMILES string of the molecule is CC(C(=O)C(=O)O)C1C2CC3CC(C2)CC1C3. The minimum absolute atomic E-state index is 0.275. The van der Waals surface area contributed by atoms with Crippen molar-refractivity contribution < 1.29 is 14.7 Å². The first kappa shape index (κ1) is 11.2. The average Bonchev–Trinajstić information content (AvgIpc) is 2.26. The van der Waals surface area contributed by atoms with Crippen molar-refractivity contribution in [3.05, 3.63) is 0 Å². The van der Waals surface area contributed by atoms with E-state index in [1.165, 1.54) is 32.1 Å². The molecule has 0 amide bonds. The zero-order valence-electron chi connectivity index (χ0n) is 10.3. The van der Waals surface area contributed by atoms with Crippen LogP contribution in [-0.2, 0) is 9.59 Å². The van der Waals surface area contributed by atoms with E-state index in [4.69, 9.17) is 5.11 Å². The number of Topliss-reactive ketones (excluding diaryl/α,β-unsaturated/α-hetero) is 1. The van der Waals surface area contributed by atoms with Crippen LogP contribution in [0.5, 0.6) is 0 Å². The Morgan fingerprint density at radius 2 is 1.47 bits per heavy atom. The molecule has 17 heavy (non-hydrogen) atoms. The fourth-order valence-electron chi connectivity index (χ4n) is 5.15. The van der Waals surface area contributed by atoms with Gasteiger partial charge in [0.1, 0.15) is 0 Å². The zero-order chi connectivity index (χ0) is 12.2. The number of carbonyl (C=O) groups is 2. The Kier molecular flexibility index (Phi) is 2.53. The van der Waals surface area contributed by atoms with E-state index in [0.29, 0.717) is 17.8 Å². The van der Waals surface area contributed by atoms with E-state index in [-0.39, 0.29) is 5.92 Å². The fraction of sp³-hybridized carbons (Fsp3) is 0.857. The summed E-state index contributed by atoms with van der Waals surface area (Å²) in [5.41, 5.74) is 0. The molecule has 0 aliphatic heterocycles. The van der Waals surface area contributed by atoms with Crippen LogP contribution in [0.4, 0.5) is 0 Å². The predicted molar refractivity (Wildman–Crippen MR) is 62.3 cm³/mol. The highest BCUT2D eigenvalue weighted by Gasteiger charge is 2.51. The predicted octanol–water partition coefficient (Wildman–Crippen LogP) is 2.35. The largest absolute Gasteiger partial charge is 0.475 e. The molecule has 4 fully saturated rings. The van der Waals surface area contributed by atoms with Crippen molar-refractivity contribution in [3.8, 4) is 0 Å². The van der Waals surface area contributed by atoms with Gasteiger partial charge in [-0.2, -0.15) is 0 Å². The molecule has 4 saturated carbocycles. The number of aliphatic carboxylic acids is 1. The van der Waals surface area contributed by atoms with Gasteiger partial charge >= 0.3 is 5.97 Å². The van der Waals surface area contributed by atoms with Crippen molar-refractivity contribution in [3.63, 3.8) is 0 Å². The van der Waals surface area contributed by atoms with Crippen molar-refractivity contribution in [2.45, 2.75) is 39.0 Å². The lowest BCUT2D eigenvalue weighted by atomic mass is 9.49. The Labute approximate surface area is 102 Å². The molecule has 3 nitrogen and oxygen atoms in total. The van der Waals surface area contributed by atoms with E-state index in [0.717, 1.165) is 11.8 Å². The highest BCUT2D eigenvalue weighted by atomic mass is 16.4. The molecular weight excluding hydrogens is 216 g/mol. The molecule has 1 N–H and O–H groups in total. The molecule has 1 unspecified atom stereocenters. The lowest BCUT2D eigenvalue weighted by Crippen LogP contribution is -2.49. The first-order valence-electron chi connectivity index (χ1n) is 6.83. The summed E-state index contributed by atoms with van der Waals surface area (Å²) in [5.74, 6) is 1.28. The van der Waals surface area contributed by atoms with E-state index < -0.39 is 11.8 Å². The Morgan fingerprint density at radius 3 is 1.88 bits per heavy atom. The van der Waals surface area contributed by atoms with Crippen LogP contribution in [0.1, 0.15) is 39.0 Å². The van der Waals surface area contributed by atoms with Gasteiger partial charge < -0.3 is 5.11 Å². The molecule has 1 atom stereocenters. The molecule has 4 rings (SSSR count). The summed E-state index contributed by atoms with van der Waals surface area (Å²) in [7, 11) is 0. The van der Waals surface area contributed by atoms with E-state index in [2.05, 4.69) is 0 Å². The second-order valence-electron chi connectivity index (χ2n) is 6.47. The summed E-state index contributed by atoms with van der Waals surface area (Å²) < 4.78 is 0. The van der Waals surface area contributed by atoms with Crippen LogP contribution in [0.3, 0.4) is 0 Å². The number of carboxylic acid groups (broad SMARTS) is 1. The second-order valence-corrected chi connectivity index (χ2v) is 6.47. The number of hydrogen-bond donors (Lipinski definition) is 1. The summed E-state index contributed by atoms with van der Waals surface area (Å²) in [5, 5.41) is 8.86. The van der Waals surface area contributed by atoms with Crippen LogP contribution < -0.4 is 0 Å². The quantitative estimate of drug-likeness (QED) is 0.765. The third-order valence-corrected chi connectivity index (χ3v) is 5.50. The van der Waals surface area contributed by atoms with E-state index in [1.54, 1.807) is 0 Å². The summed E-state index contributed by atoms with van der Waals surface area (Å²) >= 11 is 0. The topological polar surface area (TPSA) is 54.4 Å². The number of carboxylic acids is 1. The normalized spacial score (nSPS) is 44.6. The van der Waals surface area contributed by atoms with Crippen molar-refractivity contribution in [2.75, 3.05) is 0 Å².